The minimum absolute atomic E-state index is 0.0421. The molecule has 1 atom stereocenters. The first-order valence-corrected chi connectivity index (χ1v) is 12.2. The zero-order valence-corrected chi connectivity index (χ0v) is 21.4. The Morgan fingerprint density at radius 2 is 1.86 bits per heavy atom. The first-order chi connectivity index (χ1) is 17.3. The number of nitrogens with zero attached hydrogens (tertiary/aromatic N) is 4. The van der Waals surface area contributed by atoms with E-state index in [1.165, 1.54) is 0 Å². The van der Waals surface area contributed by atoms with Crippen LogP contribution in [0.1, 0.15) is 35.5 Å². The highest BCUT2D eigenvalue weighted by Crippen LogP contribution is 2.24. The van der Waals surface area contributed by atoms with E-state index in [-0.39, 0.29) is 23.4 Å². The van der Waals surface area contributed by atoms with Crippen molar-refractivity contribution in [1.29, 1.82) is 5.26 Å². The highest BCUT2D eigenvalue weighted by molar-refractivity contribution is 6.02. The van der Waals surface area contributed by atoms with Gasteiger partial charge in [0.05, 0.1) is 19.1 Å². The summed E-state index contributed by atoms with van der Waals surface area (Å²) in [4.78, 5) is 32.7. The average Bonchev–Trinajstić information content (AvgIpc) is 3.41. The predicted octanol–water partition coefficient (Wildman–Crippen LogP) is 3.61. The van der Waals surface area contributed by atoms with Gasteiger partial charge < -0.3 is 24.1 Å². The third-order valence-electron chi connectivity index (χ3n) is 6.96. The van der Waals surface area contributed by atoms with Gasteiger partial charge in [-0.1, -0.05) is 18.2 Å². The summed E-state index contributed by atoms with van der Waals surface area (Å²) in [5.74, 6) is -0.253. The Kier molecular flexibility index (Phi) is 7.61. The van der Waals surface area contributed by atoms with Gasteiger partial charge in [-0.2, -0.15) is 5.26 Å². The molecule has 3 heterocycles. The van der Waals surface area contributed by atoms with E-state index in [1.54, 1.807) is 23.0 Å². The van der Waals surface area contributed by atoms with Gasteiger partial charge in [-0.05, 0) is 50.1 Å². The molecule has 2 aromatic heterocycles. The van der Waals surface area contributed by atoms with Crippen molar-refractivity contribution in [3.05, 3.63) is 64.6 Å². The predicted molar refractivity (Wildman–Crippen MR) is 139 cm³/mol. The van der Waals surface area contributed by atoms with Crippen LogP contribution in [0.25, 0.3) is 17.0 Å². The molecule has 36 heavy (non-hydrogen) atoms. The van der Waals surface area contributed by atoms with Crippen LogP contribution < -0.4 is 0 Å². The number of H-pyrrole nitrogens is 1. The highest BCUT2D eigenvalue weighted by Gasteiger charge is 2.27. The minimum atomic E-state index is -0.295. The van der Waals surface area contributed by atoms with Crippen molar-refractivity contribution in [1.82, 2.24) is 19.4 Å². The van der Waals surface area contributed by atoms with Gasteiger partial charge in [0.1, 0.15) is 11.6 Å². The first-order valence-electron chi connectivity index (χ1n) is 12.2. The quantitative estimate of drug-likeness (QED) is 0.407. The lowest BCUT2D eigenvalue weighted by molar-refractivity contribution is -0.137. The number of hydrogen-bond donors (Lipinski definition) is 1. The fourth-order valence-corrected chi connectivity index (χ4v) is 5.12. The van der Waals surface area contributed by atoms with Gasteiger partial charge in [-0.15, -0.1) is 0 Å². The maximum atomic E-state index is 13.2. The summed E-state index contributed by atoms with van der Waals surface area (Å²) >= 11 is 0. The number of fused-ring (bicyclic) bond motifs is 1. The number of amides is 2. The van der Waals surface area contributed by atoms with Gasteiger partial charge in [0.15, 0.2) is 0 Å². The molecule has 1 N–H and O–H groups in total. The van der Waals surface area contributed by atoms with Crippen LogP contribution >= 0.6 is 0 Å². The third-order valence-corrected chi connectivity index (χ3v) is 6.96. The van der Waals surface area contributed by atoms with Crippen LogP contribution in [0, 0.1) is 25.2 Å². The van der Waals surface area contributed by atoms with E-state index < -0.39 is 0 Å². The Bertz CT molecular complexity index is 1330. The number of carbonyl (C=O) groups excluding carboxylic acids is 2. The topological polar surface area (TPSA) is 94.4 Å². The molecule has 0 saturated carbocycles. The van der Waals surface area contributed by atoms with E-state index in [9.17, 15) is 14.9 Å². The second kappa shape index (κ2) is 10.8. The van der Waals surface area contributed by atoms with E-state index in [2.05, 4.69) is 22.5 Å². The number of aryl methyl sites for hydroxylation is 1. The largest absolute Gasteiger partial charge is 0.383 e. The smallest absolute Gasteiger partial charge is 0.264 e. The summed E-state index contributed by atoms with van der Waals surface area (Å²) in [7, 11) is 1.67. The van der Waals surface area contributed by atoms with Crippen LogP contribution in [0.15, 0.2) is 42.1 Å². The van der Waals surface area contributed by atoms with Crippen molar-refractivity contribution in [3.63, 3.8) is 0 Å². The van der Waals surface area contributed by atoms with Gasteiger partial charge in [0.2, 0.25) is 5.91 Å². The molecule has 8 heteroatoms. The summed E-state index contributed by atoms with van der Waals surface area (Å²) in [6.45, 7) is 8.37. The maximum absolute atomic E-state index is 13.2. The van der Waals surface area contributed by atoms with Crippen LogP contribution in [-0.2, 0) is 20.7 Å². The van der Waals surface area contributed by atoms with Crippen molar-refractivity contribution in [2.75, 3.05) is 39.9 Å². The number of piperazine rings is 1. The third kappa shape index (κ3) is 5.07. The van der Waals surface area contributed by atoms with Crippen molar-refractivity contribution in [2.24, 2.45) is 0 Å². The normalized spacial score (nSPS) is 15.2. The first kappa shape index (κ1) is 25.3. The van der Waals surface area contributed by atoms with Crippen LogP contribution in [0.2, 0.25) is 0 Å². The fourth-order valence-electron chi connectivity index (χ4n) is 5.12. The number of carbonyl (C=O) groups is 2. The highest BCUT2D eigenvalue weighted by atomic mass is 16.5. The molecule has 188 valence electrons. The lowest BCUT2D eigenvalue weighted by Crippen LogP contribution is -2.51. The van der Waals surface area contributed by atoms with Crippen LogP contribution in [0.3, 0.4) is 0 Å². The Labute approximate surface area is 211 Å². The van der Waals surface area contributed by atoms with Crippen molar-refractivity contribution < 1.29 is 14.3 Å². The van der Waals surface area contributed by atoms with Gasteiger partial charge in [-0.25, -0.2) is 0 Å². The molecule has 1 saturated heterocycles. The second-order valence-corrected chi connectivity index (χ2v) is 9.38. The zero-order valence-electron chi connectivity index (χ0n) is 21.4. The molecule has 1 unspecified atom stereocenters. The minimum Gasteiger partial charge on any atom is -0.383 e. The number of aromatic amines is 1. The fraction of sp³-hybridized carbons (Fsp3) is 0.393. The maximum Gasteiger partial charge on any atom is 0.264 e. The summed E-state index contributed by atoms with van der Waals surface area (Å²) in [6.07, 6.45) is 3.88. The Balaban J connectivity index is 1.40. The molecule has 0 spiro atoms. The Hall–Kier alpha value is -3.83. The molecular weight excluding hydrogens is 454 g/mol. The molecule has 1 fully saturated rings. The molecule has 0 aliphatic carbocycles. The van der Waals surface area contributed by atoms with E-state index >= 15 is 0 Å². The van der Waals surface area contributed by atoms with Crippen LogP contribution in [-0.4, -0.2) is 71.1 Å². The SMILES string of the molecule is COCC(C)n1c(C)cc(/C=C(/C#N)C(=O)N2CCN(C(=O)Cc3c[nH]c4ccccc34)CC2)c1C. The molecule has 2 amide bonds. The molecule has 0 bridgehead atoms. The second-order valence-electron chi connectivity index (χ2n) is 9.38. The van der Waals surface area contributed by atoms with E-state index in [0.29, 0.717) is 39.2 Å². The van der Waals surface area contributed by atoms with E-state index in [4.69, 9.17) is 4.74 Å². The monoisotopic (exact) mass is 487 g/mol. The number of methoxy groups -OCH3 is 1. The Morgan fingerprint density at radius 1 is 1.17 bits per heavy atom. The van der Waals surface area contributed by atoms with Crippen molar-refractivity contribution in [2.45, 2.75) is 33.2 Å². The molecule has 0 radical (unpaired) electrons. The van der Waals surface area contributed by atoms with E-state index in [1.807, 2.05) is 50.4 Å². The van der Waals surface area contributed by atoms with Gasteiger partial charge in [0.25, 0.3) is 5.91 Å². The number of para-hydroxylation sites is 1. The zero-order chi connectivity index (χ0) is 25.8. The molecule has 4 rings (SSSR count). The molecule has 1 aliphatic heterocycles. The average molecular weight is 488 g/mol. The van der Waals surface area contributed by atoms with Gasteiger partial charge in [0, 0.05) is 61.8 Å². The Morgan fingerprint density at radius 3 is 2.56 bits per heavy atom. The molecular formula is C28H33N5O3. The number of aromatic nitrogens is 2. The van der Waals surface area contributed by atoms with Crippen molar-refractivity contribution >= 4 is 28.8 Å². The summed E-state index contributed by atoms with van der Waals surface area (Å²) < 4.78 is 7.45. The van der Waals surface area contributed by atoms with E-state index in [0.717, 1.165) is 33.4 Å². The number of hydrogen-bond acceptors (Lipinski definition) is 4. The number of rotatable bonds is 7. The van der Waals surface area contributed by atoms with Crippen LogP contribution in [0.5, 0.6) is 0 Å². The van der Waals surface area contributed by atoms with Gasteiger partial charge in [-0.3, -0.25) is 9.59 Å². The number of ether oxygens (including phenoxy) is 1. The lowest BCUT2D eigenvalue weighted by atomic mass is 10.1. The molecule has 3 aromatic rings. The number of nitrogens with one attached hydrogen (secondary N) is 1. The molecule has 1 aliphatic rings. The molecule has 1 aromatic carbocycles. The summed E-state index contributed by atoms with van der Waals surface area (Å²) in [6, 6.07) is 12.2. The molecule has 8 nitrogen and oxygen atoms in total. The van der Waals surface area contributed by atoms with Crippen molar-refractivity contribution in [3.8, 4) is 6.07 Å². The number of benzene rings is 1. The van der Waals surface area contributed by atoms with Gasteiger partial charge >= 0.3 is 0 Å². The summed E-state index contributed by atoms with van der Waals surface area (Å²) in [5, 5.41) is 10.8. The number of nitriles is 1. The summed E-state index contributed by atoms with van der Waals surface area (Å²) in [5.41, 5.74) is 4.99. The van der Waals surface area contributed by atoms with Crippen LogP contribution in [0.4, 0.5) is 0 Å². The standard InChI is InChI=1S/C28H33N5O3/c1-19-13-22(21(3)33(19)20(2)18-36-4)14-23(16-29)28(35)32-11-9-31(10-12-32)27(34)15-24-17-30-26-8-6-5-7-25(24)26/h5-8,13-14,17,20,30H,9-12,15,18H2,1-4H3/b23-14-. The lowest BCUT2D eigenvalue weighted by Gasteiger charge is -2.34.